The van der Waals surface area contributed by atoms with Crippen LogP contribution in [0.1, 0.15) is 70.9 Å². The summed E-state index contributed by atoms with van der Waals surface area (Å²) in [6, 6.07) is 0.260. The van der Waals surface area contributed by atoms with Gasteiger partial charge in [-0.2, -0.15) is 5.10 Å². The maximum Gasteiger partial charge on any atom is 0.410 e. The molecule has 0 spiro atoms. The molecule has 0 bridgehead atoms. The highest BCUT2D eigenvalue weighted by Gasteiger charge is 2.29. The number of aryl methyl sites for hydroxylation is 1. The van der Waals surface area contributed by atoms with Crippen molar-refractivity contribution in [2.24, 2.45) is 13.0 Å². The standard InChI is InChI=1S/C26H38N6O5/c1-16(2)37-25(34)17-9-11-18(12-10-17)29-23-24(33)27-14-21(30-23)20-13-28-32(4)22(20)15-36-26(35)31(3)19-7-5-6-8-19/h13-14,16-19H,5-12,15H2,1-4H3,(H,27,33)(H,29,30). The third kappa shape index (κ3) is 6.50. The Bertz CT molecular complexity index is 1140. The number of rotatable bonds is 8. The van der Waals surface area contributed by atoms with E-state index in [9.17, 15) is 14.4 Å². The van der Waals surface area contributed by atoms with Gasteiger partial charge in [-0.1, -0.05) is 12.8 Å². The first kappa shape index (κ1) is 26.7. The molecule has 2 aromatic rings. The monoisotopic (exact) mass is 514 g/mol. The Morgan fingerprint density at radius 1 is 1.19 bits per heavy atom. The summed E-state index contributed by atoms with van der Waals surface area (Å²) in [6.07, 6.45) is 9.88. The molecule has 0 aromatic carbocycles. The van der Waals surface area contributed by atoms with Crippen LogP contribution in [0.4, 0.5) is 10.6 Å². The van der Waals surface area contributed by atoms with E-state index in [4.69, 9.17) is 9.47 Å². The van der Waals surface area contributed by atoms with Crippen LogP contribution in [0.5, 0.6) is 0 Å². The second-order valence-corrected chi connectivity index (χ2v) is 10.4. The molecule has 37 heavy (non-hydrogen) atoms. The van der Waals surface area contributed by atoms with Crippen molar-refractivity contribution >= 4 is 17.9 Å². The summed E-state index contributed by atoms with van der Waals surface area (Å²) >= 11 is 0. The molecule has 2 aliphatic carbocycles. The largest absolute Gasteiger partial charge is 0.463 e. The molecule has 0 radical (unpaired) electrons. The topological polar surface area (TPSA) is 131 Å². The van der Waals surface area contributed by atoms with Crippen molar-refractivity contribution in [1.82, 2.24) is 24.6 Å². The number of anilines is 1. The number of amides is 1. The number of ether oxygens (including phenoxy) is 2. The van der Waals surface area contributed by atoms with Gasteiger partial charge >= 0.3 is 12.1 Å². The van der Waals surface area contributed by atoms with Crippen molar-refractivity contribution in [1.29, 1.82) is 0 Å². The first-order chi connectivity index (χ1) is 17.7. The van der Waals surface area contributed by atoms with E-state index in [-0.39, 0.29) is 54.2 Å². The van der Waals surface area contributed by atoms with Gasteiger partial charge in [-0.3, -0.25) is 14.3 Å². The lowest BCUT2D eigenvalue weighted by Gasteiger charge is -2.28. The smallest absolute Gasteiger partial charge is 0.410 e. The van der Waals surface area contributed by atoms with E-state index >= 15 is 0 Å². The first-order valence-electron chi connectivity index (χ1n) is 13.2. The predicted octanol–water partition coefficient (Wildman–Crippen LogP) is 3.60. The number of hydrogen-bond acceptors (Lipinski definition) is 8. The molecule has 2 aromatic heterocycles. The van der Waals surface area contributed by atoms with Crippen LogP contribution < -0.4 is 10.9 Å². The summed E-state index contributed by atoms with van der Waals surface area (Å²) in [5.41, 5.74) is 1.57. The van der Waals surface area contributed by atoms with Crippen molar-refractivity contribution in [2.45, 2.75) is 90.0 Å². The number of nitrogens with zero attached hydrogens (tertiary/aromatic N) is 4. The lowest BCUT2D eigenvalue weighted by Crippen LogP contribution is -2.35. The molecule has 11 nitrogen and oxygen atoms in total. The summed E-state index contributed by atoms with van der Waals surface area (Å²) in [7, 11) is 3.56. The molecular weight excluding hydrogens is 476 g/mol. The van der Waals surface area contributed by atoms with E-state index in [0.717, 1.165) is 38.5 Å². The van der Waals surface area contributed by atoms with E-state index in [1.807, 2.05) is 13.8 Å². The molecular formula is C26H38N6O5. The number of nitrogens with one attached hydrogen (secondary N) is 2. The third-order valence-electron chi connectivity index (χ3n) is 7.37. The molecule has 0 saturated heterocycles. The minimum absolute atomic E-state index is 0.0346. The fraction of sp³-hybridized carbons (Fsp3) is 0.654. The molecule has 2 aliphatic rings. The fourth-order valence-electron chi connectivity index (χ4n) is 5.16. The first-order valence-corrected chi connectivity index (χ1v) is 13.2. The van der Waals surface area contributed by atoms with Crippen LogP contribution in [0.2, 0.25) is 0 Å². The van der Waals surface area contributed by atoms with Crippen molar-refractivity contribution in [3.8, 4) is 11.3 Å². The molecule has 2 heterocycles. The Labute approximate surface area is 216 Å². The molecule has 2 fully saturated rings. The molecule has 0 atom stereocenters. The highest BCUT2D eigenvalue weighted by Crippen LogP contribution is 2.28. The van der Waals surface area contributed by atoms with Gasteiger partial charge < -0.3 is 24.7 Å². The van der Waals surface area contributed by atoms with Crippen molar-refractivity contribution in [3.05, 3.63) is 28.4 Å². The maximum atomic E-state index is 12.6. The molecule has 11 heteroatoms. The fourth-order valence-corrected chi connectivity index (χ4v) is 5.16. The van der Waals surface area contributed by atoms with Gasteiger partial charge in [0.05, 0.1) is 29.6 Å². The van der Waals surface area contributed by atoms with Crippen LogP contribution in [0, 0.1) is 5.92 Å². The zero-order valence-corrected chi connectivity index (χ0v) is 22.2. The average Bonchev–Trinajstić information content (AvgIpc) is 3.54. The second-order valence-electron chi connectivity index (χ2n) is 10.4. The highest BCUT2D eigenvalue weighted by atomic mass is 16.6. The SMILES string of the molecule is CC(C)OC(=O)C1CCC(Nc2nc(-c3cnn(C)c3COC(=O)N(C)C3CCCC3)c[nH]c2=O)CC1. The number of carbonyl (C=O) groups is 2. The number of hydrogen-bond donors (Lipinski definition) is 2. The molecule has 1 amide bonds. The number of carbonyl (C=O) groups excluding carboxylic acids is 2. The van der Waals surface area contributed by atoms with Crippen LogP contribution in [-0.4, -0.2) is 61.9 Å². The number of esters is 1. The van der Waals surface area contributed by atoms with Crippen LogP contribution in [0.25, 0.3) is 11.3 Å². The summed E-state index contributed by atoms with van der Waals surface area (Å²) in [5.74, 6) is -0.0319. The van der Waals surface area contributed by atoms with Crippen molar-refractivity contribution in [2.75, 3.05) is 12.4 Å². The minimum Gasteiger partial charge on any atom is -0.463 e. The second kappa shape index (κ2) is 11.8. The normalized spacial score (nSPS) is 20.1. The number of H-pyrrole nitrogens is 1. The minimum atomic E-state index is -0.358. The van der Waals surface area contributed by atoms with Gasteiger partial charge in [0.15, 0.2) is 5.82 Å². The molecule has 0 unspecified atom stereocenters. The van der Waals surface area contributed by atoms with E-state index in [0.29, 0.717) is 29.8 Å². The lowest BCUT2D eigenvalue weighted by atomic mass is 9.86. The van der Waals surface area contributed by atoms with Crippen molar-refractivity contribution < 1.29 is 19.1 Å². The Kier molecular flexibility index (Phi) is 8.50. The van der Waals surface area contributed by atoms with Crippen molar-refractivity contribution in [3.63, 3.8) is 0 Å². The van der Waals surface area contributed by atoms with E-state index in [2.05, 4.69) is 20.4 Å². The van der Waals surface area contributed by atoms with Gasteiger partial charge in [0.1, 0.15) is 6.61 Å². The van der Waals surface area contributed by atoms with Gasteiger partial charge in [-0.05, 0) is 52.4 Å². The summed E-state index contributed by atoms with van der Waals surface area (Å²) in [6.45, 7) is 3.74. The quantitative estimate of drug-likeness (QED) is 0.511. The van der Waals surface area contributed by atoms with Crippen LogP contribution >= 0.6 is 0 Å². The number of aromatic amines is 1. The van der Waals surface area contributed by atoms with Gasteiger partial charge in [0.25, 0.3) is 5.56 Å². The zero-order valence-electron chi connectivity index (χ0n) is 22.2. The van der Waals surface area contributed by atoms with Gasteiger partial charge in [0.2, 0.25) is 0 Å². The summed E-state index contributed by atoms with van der Waals surface area (Å²) in [4.78, 5) is 46.3. The summed E-state index contributed by atoms with van der Waals surface area (Å²) < 4.78 is 12.6. The molecule has 0 aliphatic heterocycles. The molecule has 4 rings (SSSR count). The maximum absolute atomic E-state index is 12.6. The lowest BCUT2D eigenvalue weighted by molar-refractivity contribution is -0.153. The molecule has 2 N–H and O–H groups in total. The summed E-state index contributed by atoms with van der Waals surface area (Å²) in [5, 5.41) is 7.58. The van der Waals surface area contributed by atoms with E-state index < -0.39 is 0 Å². The predicted molar refractivity (Wildman–Crippen MR) is 138 cm³/mol. The Morgan fingerprint density at radius 3 is 2.57 bits per heavy atom. The molecule has 2 saturated carbocycles. The third-order valence-corrected chi connectivity index (χ3v) is 7.37. The Balaban J connectivity index is 1.40. The van der Waals surface area contributed by atoms with Crippen LogP contribution in [-0.2, 0) is 27.9 Å². The zero-order chi connectivity index (χ0) is 26.5. The van der Waals surface area contributed by atoms with E-state index in [1.54, 1.807) is 36.1 Å². The van der Waals surface area contributed by atoms with Gasteiger partial charge in [-0.15, -0.1) is 0 Å². The van der Waals surface area contributed by atoms with Gasteiger partial charge in [0, 0.05) is 37.9 Å². The molecule has 202 valence electrons. The van der Waals surface area contributed by atoms with Crippen LogP contribution in [0.15, 0.2) is 17.2 Å². The number of aromatic nitrogens is 4. The Hall–Kier alpha value is -3.37. The average molecular weight is 515 g/mol. The van der Waals surface area contributed by atoms with Crippen LogP contribution in [0.3, 0.4) is 0 Å². The Morgan fingerprint density at radius 2 is 1.89 bits per heavy atom. The highest BCUT2D eigenvalue weighted by molar-refractivity contribution is 5.72. The van der Waals surface area contributed by atoms with E-state index in [1.165, 1.54) is 0 Å². The van der Waals surface area contributed by atoms with Gasteiger partial charge in [-0.25, -0.2) is 9.78 Å².